The van der Waals surface area contributed by atoms with Gasteiger partial charge in [0.15, 0.2) is 0 Å². The van der Waals surface area contributed by atoms with Gasteiger partial charge in [-0.15, -0.1) is 0 Å². The Bertz CT molecular complexity index is 891. The van der Waals surface area contributed by atoms with Gasteiger partial charge in [0.25, 0.3) is 0 Å². The van der Waals surface area contributed by atoms with E-state index in [0.29, 0.717) is 28.7 Å². The molecule has 2 N–H and O–H groups in total. The average molecular weight is 377 g/mol. The maximum Gasteiger partial charge on any atom is 0.225 e. The molecule has 2 heterocycles. The topological polar surface area (TPSA) is 85.2 Å². The molecule has 1 unspecified atom stereocenters. The molecule has 2 amide bonds. The molecule has 0 aliphatic carbocycles. The Morgan fingerprint density at radius 2 is 2.23 bits per heavy atom. The number of halogens is 1. The molecular weight excluding hydrogens is 356 g/mol. The predicted octanol–water partition coefficient (Wildman–Crippen LogP) is 3.08. The number of hydrogen-bond acceptors (Lipinski definition) is 4. The lowest BCUT2D eigenvalue weighted by molar-refractivity contribution is -0.117. The van der Waals surface area contributed by atoms with Crippen LogP contribution in [0.25, 0.3) is 0 Å². The number of carbonyl (C=O) groups excluding carboxylic acids is 2. The van der Waals surface area contributed by atoms with Crippen LogP contribution >= 0.6 is 11.6 Å². The molecular formula is C18H21ClN4O3. The van der Waals surface area contributed by atoms with Gasteiger partial charge < -0.3 is 15.4 Å². The molecule has 26 heavy (non-hydrogen) atoms. The lowest BCUT2D eigenvalue weighted by Crippen LogP contribution is -2.24. The summed E-state index contributed by atoms with van der Waals surface area (Å²) < 4.78 is 6.98. The van der Waals surface area contributed by atoms with Gasteiger partial charge in [0.05, 0.1) is 18.5 Å². The average Bonchev–Trinajstić information content (AvgIpc) is 2.88. The van der Waals surface area contributed by atoms with Gasteiger partial charge in [-0.3, -0.25) is 14.3 Å². The third-order valence-corrected chi connectivity index (χ3v) is 4.94. The highest BCUT2D eigenvalue weighted by Crippen LogP contribution is 2.44. The number of amides is 2. The van der Waals surface area contributed by atoms with Crippen LogP contribution in [0.3, 0.4) is 0 Å². The Hall–Kier alpha value is -2.54. The van der Waals surface area contributed by atoms with Gasteiger partial charge in [-0.1, -0.05) is 18.5 Å². The van der Waals surface area contributed by atoms with E-state index in [1.54, 1.807) is 17.8 Å². The number of nitrogens with zero attached hydrogens (tertiary/aromatic N) is 2. The summed E-state index contributed by atoms with van der Waals surface area (Å²) in [5, 5.41) is 10.6. The van der Waals surface area contributed by atoms with Gasteiger partial charge in [-0.25, -0.2) is 0 Å². The fraction of sp³-hybridized carbons (Fsp3) is 0.389. The first kappa shape index (κ1) is 18.3. The first-order chi connectivity index (χ1) is 12.3. The van der Waals surface area contributed by atoms with Crippen molar-refractivity contribution in [1.82, 2.24) is 9.78 Å². The summed E-state index contributed by atoms with van der Waals surface area (Å²) in [4.78, 5) is 23.8. The largest absolute Gasteiger partial charge is 0.494 e. The van der Waals surface area contributed by atoms with Crippen molar-refractivity contribution in [1.29, 1.82) is 0 Å². The third kappa shape index (κ3) is 3.14. The summed E-state index contributed by atoms with van der Waals surface area (Å²) in [5.74, 6) is -0.0617. The zero-order chi connectivity index (χ0) is 19.0. The minimum Gasteiger partial charge on any atom is -0.494 e. The fourth-order valence-corrected chi connectivity index (χ4v) is 3.66. The van der Waals surface area contributed by atoms with Crippen LogP contribution in [0.1, 0.15) is 43.0 Å². The van der Waals surface area contributed by atoms with Crippen LogP contribution in [0, 0.1) is 0 Å². The number of ether oxygens (including phenoxy) is 1. The highest BCUT2D eigenvalue weighted by Gasteiger charge is 2.32. The van der Waals surface area contributed by atoms with Crippen LogP contribution in [0.4, 0.5) is 11.4 Å². The summed E-state index contributed by atoms with van der Waals surface area (Å²) in [6.07, 6.45) is 0.968. The molecule has 1 aromatic carbocycles. The van der Waals surface area contributed by atoms with Crippen molar-refractivity contribution in [3.8, 4) is 5.75 Å². The highest BCUT2D eigenvalue weighted by atomic mass is 35.5. The molecule has 0 bridgehead atoms. The second-order valence-electron chi connectivity index (χ2n) is 6.25. The smallest absolute Gasteiger partial charge is 0.225 e. The van der Waals surface area contributed by atoms with Crippen LogP contribution in [0.5, 0.6) is 5.75 Å². The fourth-order valence-electron chi connectivity index (χ4n) is 3.38. The first-order valence-corrected chi connectivity index (χ1v) is 8.74. The number of nitrogens with one attached hydrogen (secondary N) is 2. The molecule has 7 nitrogen and oxygen atoms in total. The number of benzene rings is 1. The van der Waals surface area contributed by atoms with Crippen LogP contribution in [0.2, 0.25) is 5.15 Å². The minimum absolute atomic E-state index is 0.0983. The molecule has 0 radical (unpaired) electrons. The normalized spacial score (nSPS) is 16.0. The van der Waals surface area contributed by atoms with Crippen molar-refractivity contribution in [2.45, 2.75) is 32.6 Å². The zero-order valence-corrected chi connectivity index (χ0v) is 15.9. The maximum absolute atomic E-state index is 12.3. The molecule has 1 aliphatic heterocycles. The van der Waals surface area contributed by atoms with Crippen LogP contribution in [-0.2, 0) is 23.1 Å². The van der Waals surface area contributed by atoms with E-state index in [-0.39, 0.29) is 24.2 Å². The van der Waals surface area contributed by atoms with E-state index >= 15 is 0 Å². The quantitative estimate of drug-likeness (QED) is 0.858. The number of carbonyl (C=O) groups is 2. The van der Waals surface area contributed by atoms with E-state index in [9.17, 15) is 9.59 Å². The van der Waals surface area contributed by atoms with Gasteiger partial charge in [0.2, 0.25) is 11.8 Å². The van der Waals surface area contributed by atoms with Gasteiger partial charge >= 0.3 is 0 Å². The van der Waals surface area contributed by atoms with Crippen molar-refractivity contribution in [2.75, 3.05) is 17.7 Å². The van der Waals surface area contributed by atoms with Crippen molar-refractivity contribution in [2.24, 2.45) is 7.05 Å². The molecule has 2 aromatic rings. The number of methoxy groups -OCH3 is 1. The molecule has 1 aliphatic rings. The third-order valence-electron chi connectivity index (χ3n) is 4.49. The van der Waals surface area contributed by atoms with Crippen LogP contribution in [-0.4, -0.2) is 28.7 Å². The summed E-state index contributed by atoms with van der Waals surface area (Å²) in [7, 11) is 3.30. The number of fused-ring (bicyclic) bond motifs is 1. The minimum atomic E-state index is -0.242. The summed E-state index contributed by atoms with van der Waals surface area (Å²) >= 11 is 6.50. The number of hydrogen-bond donors (Lipinski definition) is 2. The molecule has 0 saturated carbocycles. The van der Waals surface area contributed by atoms with E-state index in [2.05, 4.69) is 15.7 Å². The lowest BCUT2D eigenvalue weighted by Gasteiger charge is -2.27. The Morgan fingerprint density at radius 3 is 2.85 bits per heavy atom. The van der Waals surface area contributed by atoms with E-state index < -0.39 is 0 Å². The standard InChI is InChI=1S/C18H21ClN4O3/c1-5-12-17(18(19)23(3)22-12)11-7-16(25)21-13-8-15(26-4)14(6-10(11)13)20-9(2)24/h6,8,11H,5,7H2,1-4H3,(H,20,24)(H,21,25). The van der Waals surface area contributed by atoms with Crippen molar-refractivity contribution in [3.05, 3.63) is 34.1 Å². The van der Waals surface area contributed by atoms with Gasteiger partial charge in [0.1, 0.15) is 10.9 Å². The second-order valence-corrected chi connectivity index (χ2v) is 6.61. The Morgan fingerprint density at radius 1 is 1.50 bits per heavy atom. The lowest BCUT2D eigenvalue weighted by atomic mass is 9.84. The molecule has 138 valence electrons. The van der Waals surface area contributed by atoms with Crippen LogP contribution in [0.15, 0.2) is 12.1 Å². The van der Waals surface area contributed by atoms with Crippen molar-refractivity contribution < 1.29 is 14.3 Å². The van der Waals surface area contributed by atoms with Gasteiger partial charge in [-0.05, 0) is 18.1 Å². The monoisotopic (exact) mass is 376 g/mol. The van der Waals surface area contributed by atoms with E-state index in [1.807, 2.05) is 13.0 Å². The summed E-state index contributed by atoms with van der Waals surface area (Å²) in [6, 6.07) is 3.56. The van der Waals surface area contributed by atoms with Gasteiger partial charge in [-0.2, -0.15) is 5.10 Å². The molecule has 8 heteroatoms. The predicted molar refractivity (Wildman–Crippen MR) is 100.0 cm³/mol. The summed E-state index contributed by atoms with van der Waals surface area (Å²) in [6.45, 7) is 3.44. The van der Waals surface area contributed by atoms with Crippen LogP contribution < -0.4 is 15.4 Å². The highest BCUT2D eigenvalue weighted by molar-refractivity contribution is 6.30. The summed E-state index contributed by atoms with van der Waals surface area (Å²) in [5.41, 5.74) is 3.79. The van der Waals surface area contributed by atoms with E-state index in [0.717, 1.165) is 16.8 Å². The molecule has 0 fully saturated rings. The van der Waals surface area contributed by atoms with Crippen molar-refractivity contribution in [3.63, 3.8) is 0 Å². The SMILES string of the molecule is CCc1nn(C)c(Cl)c1C1CC(=O)Nc2cc(OC)c(NC(C)=O)cc21. The molecule has 0 spiro atoms. The number of anilines is 2. The van der Waals surface area contributed by atoms with E-state index in [1.165, 1.54) is 14.0 Å². The molecule has 3 rings (SSSR count). The van der Waals surface area contributed by atoms with Crippen molar-refractivity contribution >= 4 is 34.8 Å². The molecule has 0 saturated heterocycles. The van der Waals surface area contributed by atoms with Gasteiger partial charge in [0, 0.05) is 43.6 Å². The first-order valence-electron chi connectivity index (χ1n) is 8.36. The Kier molecular flexibility index (Phi) is 4.91. The zero-order valence-electron chi connectivity index (χ0n) is 15.1. The Balaban J connectivity index is 2.20. The maximum atomic E-state index is 12.3. The number of aryl methyl sites for hydroxylation is 2. The number of rotatable bonds is 4. The second kappa shape index (κ2) is 6.99. The molecule has 1 aromatic heterocycles. The Labute approximate surface area is 156 Å². The van der Waals surface area contributed by atoms with E-state index in [4.69, 9.17) is 16.3 Å². The molecule has 1 atom stereocenters. The number of aromatic nitrogens is 2.